The van der Waals surface area contributed by atoms with Crippen LogP contribution in [0.5, 0.6) is 0 Å². The lowest BCUT2D eigenvalue weighted by atomic mass is 10.1. The van der Waals surface area contributed by atoms with Gasteiger partial charge in [-0.3, -0.25) is 0 Å². The summed E-state index contributed by atoms with van der Waals surface area (Å²) in [4.78, 5) is 11.9. The molecule has 0 aromatic heterocycles. The second kappa shape index (κ2) is 14.8. The molecule has 0 aliphatic heterocycles. The largest absolute Gasteiger partial charge is 0.462 e. The van der Waals surface area contributed by atoms with Gasteiger partial charge in [0.2, 0.25) is 0 Å². The molecule has 3 heteroatoms. The van der Waals surface area contributed by atoms with E-state index in [1.54, 1.807) is 0 Å². The molecule has 0 bridgehead atoms. The Balaban J connectivity index is 2.18. The van der Waals surface area contributed by atoms with Gasteiger partial charge in [-0.15, -0.1) is 0 Å². The fraction of sp³-hybridized carbons (Fsp3) is 0.696. The molecule has 1 atom stereocenters. The van der Waals surface area contributed by atoms with Gasteiger partial charge in [-0.1, -0.05) is 77.3 Å². The first kappa shape index (κ1) is 22.7. The maximum atomic E-state index is 11.9. The normalized spacial score (nSPS) is 12.1. The Labute approximate surface area is 160 Å². The molecule has 0 aliphatic rings. The van der Waals surface area contributed by atoms with Crippen LogP contribution < -0.4 is 0 Å². The van der Waals surface area contributed by atoms with Crippen molar-refractivity contribution < 1.29 is 14.3 Å². The van der Waals surface area contributed by atoms with Crippen molar-refractivity contribution in [1.29, 1.82) is 0 Å². The predicted octanol–water partition coefficient (Wildman–Crippen LogP) is 6.86. The van der Waals surface area contributed by atoms with Gasteiger partial charge in [0.1, 0.15) is 0 Å². The number of esters is 1. The molecule has 1 aromatic rings. The van der Waals surface area contributed by atoms with Crippen molar-refractivity contribution in [1.82, 2.24) is 0 Å². The van der Waals surface area contributed by atoms with Crippen LogP contribution >= 0.6 is 0 Å². The molecule has 26 heavy (non-hydrogen) atoms. The number of benzene rings is 1. The van der Waals surface area contributed by atoms with Crippen molar-refractivity contribution in [2.75, 3.05) is 13.2 Å². The number of hydrogen-bond acceptors (Lipinski definition) is 3. The number of rotatable bonds is 15. The highest BCUT2D eigenvalue weighted by molar-refractivity contribution is 5.89. The first-order chi connectivity index (χ1) is 12.7. The molecule has 0 amide bonds. The van der Waals surface area contributed by atoms with Gasteiger partial charge < -0.3 is 9.47 Å². The highest BCUT2D eigenvalue weighted by Gasteiger charge is 2.09. The van der Waals surface area contributed by atoms with Gasteiger partial charge >= 0.3 is 5.97 Å². The van der Waals surface area contributed by atoms with Crippen LogP contribution in [-0.2, 0) is 9.47 Å². The van der Waals surface area contributed by atoms with Crippen LogP contribution in [0.3, 0.4) is 0 Å². The van der Waals surface area contributed by atoms with Gasteiger partial charge in [0.25, 0.3) is 0 Å². The lowest BCUT2D eigenvalue weighted by molar-refractivity contribution is 0.0498. The predicted molar refractivity (Wildman–Crippen MR) is 109 cm³/mol. The van der Waals surface area contributed by atoms with E-state index in [0.29, 0.717) is 12.2 Å². The molecule has 0 spiro atoms. The fourth-order valence-electron chi connectivity index (χ4n) is 2.88. The zero-order chi connectivity index (χ0) is 19.0. The SMILES string of the molecule is CCCCCCCCCCOC(C)c1ccc(C(=O)OCCCC)cc1. The van der Waals surface area contributed by atoms with Crippen LogP contribution in [0.15, 0.2) is 24.3 Å². The van der Waals surface area contributed by atoms with Crippen molar-refractivity contribution >= 4 is 5.97 Å². The smallest absolute Gasteiger partial charge is 0.338 e. The Kier molecular flexibility index (Phi) is 12.9. The monoisotopic (exact) mass is 362 g/mol. The molecule has 0 radical (unpaired) electrons. The van der Waals surface area contributed by atoms with Gasteiger partial charge in [0.15, 0.2) is 0 Å². The van der Waals surface area contributed by atoms with E-state index in [9.17, 15) is 4.79 Å². The number of ether oxygens (including phenoxy) is 2. The zero-order valence-electron chi connectivity index (χ0n) is 17.1. The number of carbonyl (C=O) groups is 1. The average molecular weight is 363 g/mol. The van der Waals surface area contributed by atoms with E-state index in [4.69, 9.17) is 9.47 Å². The minimum Gasteiger partial charge on any atom is -0.462 e. The maximum Gasteiger partial charge on any atom is 0.338 e. The van der Waals surface area contributed by atoms with E-state index in [0.717, 1.165) is 31.4 Å². The third-order valence-corrected chi connectivity index (χ3v) is 4.71. The van der Waals surface area contributed by atoms with Crippen LogP contribution in [0.1, 0.15) is 107 Å². The second-order valence-electron chi connectivity index (χ2n) is 7.10. The van der Waals surface area contributed by atoms with Crippen molar-refractivity contribution in [3.05, 3.63) is 35.4 Å². The van der Waals surface area contributed by atoms with E-state index < -0.39 is 0 Å². The summed E-state index contributed by atoms with van der Waals surface area (Å²) in [5.74, 6) is -0.238. The van der Waals surface area contributed by atoms with E-state index in [2.05, 4.69) is 20.8 Å². The van der Waals surface area contributed by atoms with E-state index in [-0.39, 0.29) is 12.1 Å². The molecular weight excluding hydrogens is 324 g/mol. The topological polar surface area (TPSA) is 35.5 Å². The molecule has 0 N–H and O–H groups in total. The van der Waals surface area contributed by atoms with Crippen LogP contribution in [-0.4, -0.2) is 19.2 Å². The summed E-state index contributed by atoms with van der Waals surface area (Å²) in [5, 5.41) is 0. The first-order valence-electron chi connectivity index (χ1n) is 10.6. The molecule has 0 fully saturated rings. The Hall–Kier alpha value is -1.35. The molecule has 0 saturated heterocycles. The minimum absolute atomic E-state index is 0.0599. The Morgan fingerprint density at radius 1 is 0.808 bits per heavy atom. The summed E-state index contributed by atoms with van der Waals surface area (Å²) in [5.41, 5.74) is 1.72. The summed E-state index contributed by atoms with van der Waals surface area (Å²) in [6, 6.07) is 7.60. The standard InChI is InChI=1S/C23H38O3/c1-4-6-8-9-10-11-12-13-19-25-20(3)21-14-16-22(17-15-21)23(24)26-18-7-5-2/h14-17,20H,4-13,18-19H2,1-3H3. The van der Waals surface area contributed by atoms with Gasteiger partial charge in [0.05, 0.1) is 18.3 Å². The molecule has 148 valence electrons. The molecule has 1 aromatic carbocycles. The molecule has 1 unspecified atom stereocenters. The van der Waals surface area contributed by atoms with Gasteiger partial charge in [-0.25, -0.2) is 4.79 Å². The van der Waals surface area contributed by atoms with E-state index >= 15 is 0 Å². The molecular formula is C23H38O3. The molecule has 3 nitrogen and oxygen atoms in total. The first-order valence-corrected chi connectivity index (χ1v) is 10.6. The number of hydrogen-bond donors (Lipinski definition) is 0. The zero-order valence-corrected chi connectivity index (χ0v) is 17.1. The van der Waals surface area contributed by atoms with Crippen LogP contribution in [0, 0.1) is 0 Å². The number of carbonyl (C=O) groups excluding carboxylic acids is 1. The summed E-state index contributed by atoms with van der Waals surface area (Å²) >= 11 is 0. The lowest BCUT2D eigenvalue weighted by Crippen LogP contribution is -2.07. The van der Waals surface area contributed by atoms with E-state index in [1.807, 2.05) is 24.3 Å². The lowest BCUT2D eigenvalue weighted by Gasteiger charge is -2.14. The van der Waals surface area contributed by atoms with Crippen LogP contribution in [0.4, 0.5) is 0 Å². The Bertz CT molecular complexity index is 467. The summed E-state index contributed by atoms with van der Waals surface area (Å²) < 4.78 is 11.2. The molecule has 0 heterocycles. The number of unbranched alkanes of at least 4 members (excludes halogenated alkanes) is 8. The third kappa shape index (κ3) is 9.96. The summed E-state index contributed by atoms with van der Waals surface area (Å²) in [7, 11) is 0. The van der Waals surface area contributed by atoms with Gasteiger partial charge in [-0.2, -0.15) is 0 Å². The quantitative estimate of drug-likeness (QED) is 0.252. The highest BCUT2D eigenvalue weighted by atomic mass is 16.5. The Morgan fingerprint density at radius 2 is 1.38 bits per heavy atom. The van der Waals surface area contributed by atoms with Crippen LogP contribution in [0.25, 0.3) is 0 Å². The summed E-state index contributed by atoms with van der Waals surface area (Å²) in [6.07, 6.45) is 12.5. The molecule has 0 aliphatic carbocycles. The Morgan fingerprint density at radius 3 is 2.00 bits per heavy atom. The third-order valence-electron chi connectivity index (χ3n) is 4.71. The van der Waals surface area contributed by atoms with Crippen molar-refractivity contribution in [3.8, 4) is 0 Å². The summed E-state index contributed by atoms with van der Waals surface area (Å²) in [6.45, 7) is 7.70. The average Bonchev–Trinajstić information content (AvgIpc) is 2.66. The van der Waals surface area contributed by atoms with Gasteiger partial charge in [0, 0.05) is 6.61 Å². The van der Waals surface area contributed by atoms with Crippen molar-refractivity contribution in [2.24, 2.45) is 0 Å². The maximum absolute atomic E-state index is 11.9. The van der Waals surface area contributed by atoms with Crippen LogP contribution in [0.2, 0.25) is 0 Å². The van der Waals surface area contributed by atoms with Crippen molar-refractivity contribution in [3.63, 3.8) is 0 Å². The second-order valence-corrected chi connectivity index (χ2v) is 7.10. The molecule has 1 rings (SSSR count). The fourth-order valence-corrected chi connectivity index (χ4v) is 2.88. The highest BCUT2D eigenvalue weighted by Crippen LogP contribution is 2.18. The minimum atomic E-state index is -0.238. The van der Waals surface area contributed by atoms with Crippen molar-refractivity contribution in [2.45, 2.75) is 91.1 Å². The molecule has 0 saturated carbocycles. The van der Waals surface area contributed by atoms with E-state index in [1.165, 1.54) is 44.9 Å². The van der Waals surface area contributed by atoms with Gasteiger partial charge in [-0.05, 0) is 37.5 Å².